The molecular weight excluding hydrogens is 390 g/mol. The SMILES string of the molecule is COC(=O)C/C(N)=C(\Br)C(C)=NC1CCN(C(=O)OC(C)(C)C)CC1. The Morgan fingerprint density at radius 2 is 1.84 bits per heavy atom. The van der Waals surface area contributed by atoms with Gasteiger partial charge in [-0.25, -0.2) is 4.79 Å². The van der Waals surface area contributed by atoms with E-state index in [-0.39, 0.29) is 18.6 Å². The molecule has 0 aromatic carbocycles. The Bertz CT molecular complexity index is 559. The summed E-state index contributed by atoms with van der Waals surface area (Å²) >= 11 is 3.39. The summed E-state index contributed by atoms with van der Waals surface area (Å²) < 4.78 is 10.6. The van der Waals surface area contributed by atoms with E-state index in [2.05, 4.69) is 25.7 Å². The number of carbonyl (C=O) groups is 2. The van der Waals surface area contributed by atoms with E-state index in [1.54, 1.807) is 4.90 Å². The molecule has 1 aliphatic rings. The van der Waals surface area contributed by atoms with Crippen LogP contribution in [-0.2, 0) is 14.3 Å². The van der Waals surface area contributed by atoms with Gasteiger partial charge in [0.1, 0.15) is 5.60 Å². The summed E-state index contributed by atoms with van der Waals surface area (Å²) in [6.07, 6.45) is 1.25. The second kappa shape index (κ2) is 9.22. The molecule has 1 aliphatic heterocycles. The standard InChI is InChI=1S/C17H28BrN3O4/c1-11(15(18)13(19)10-14(22)24-5)20-12-6-8-21(9-7-12)16(23)25-17(2,3)4/h12H,6-10,19H2,1-5H3/b15-13+,20-11?. The van der Waals surface area contributed by atoms with Crippen LogP contribution in [0.1, 0.15) is 47.0 Å². The van der Waals surface area contributed by atoms with Gasteiger partial charge in [0.2, 0.25) is 0 Å². The summed E-state index contributed by atoms with van der Waals surface area (Å²) in [6, 6.07) is 0.108. The summed E-state index contributed by atoms with van der Waals surface area (Å²) in [5, 5.41) is 0. The number of piperidine rings is 1. The van der Waals surface area contributed by atoms with Gasteiger partial charge in [-0.2, -0.15) is 0 Å². The van der Waals surface area contributed by atoms with E-state index < -0.39 is 11.6 Å². The van der Waals surface area contributed by atoms with Crippen molar-refractivity contribution in [3.8, 4) is 0 Å². The van der Waals surface area contributed by atoms with Crippen LogP contribution in [0.2, 0.25) is 0 Å². The van der Waals surface area contributed by atoms with Crippen LogP contribution in [0.3, 0.4) is 0 Å². The minimum atomic E-state index is -0.491. The highest BCUT2D eigenvalue weighted by Gasteiger charge is 2.26. The fourth-order valence-electron chi connectivity index (χ4n) is 2.37. The van der Waals surface area contributed by atoms with Gasteiger partial charge >= 0.3 is 12.1 Å². The van der Waals surface area contributed by atoms with Gasteiger partial charge in [-0.1, -0.05) is 0 Å². The van der Waals surface area contributed by atoms with Crippen molar-refractivity contribution in [3.63, 3.8) is 0 Å². The first-order chi connectivity index (χ1) is 11.5. The van der Waals surface area contributed by atoms with Crippen molar-refractivity contribution in [3.05, 3.63) is 10.2 Å². The van der Waals surface area contributed by atoms with Gasteiger partial charge in [-0.3, -0.25) is 9.79 Å². The number of aliphatic imine (C=N–C) groups is 1. The zero-order valence-electron chi connectivity index (χ0n) is 15.6. The predicted octanol–water partition coefficient (Wildman–Crippen LogP) is 2.98. The summed E-state index contributed by atoms with van der Waals surface area (Å²) in [6.45, 7) is 8.62. The zero-order chi connectivity index (χ0) is 19.2. The Morgan fingerprint density at radius 3 is 2.32 bits per heavy atom. The highest BCUT2D eigenvalue weighted by atomic mass is 79.9. The Hall–Kier alpha value is -1.57. The fourth-order valence-corrected chi connectivity index (χ4v) is 2.61. The molecule has 0 atom stereocenters. The van der Waals surface area contributed by atoms with E-state index >= 15 is 0 Å². The van der Waals surface area contributed by atoms with Crippen LogP contribution >= 0.6 is 15.9 Å². The normalized spacial score (nSPS) is 17.8. The molecule has 0 spiro atoms. The maximum atomic E-state index is 12.1. The minimum absolute atomic E-state index is 0.0149. The molecule has 0 aromatic heterocycles. The van der Waals surface area contributed by atoms with Gasteiger partial charge in [0.05, 0.1) is 24.1 Å². The number of ether oxygens (including phenoxy) is 2. The maximum absolute atomic E-state index is 12.1. The first kappa shape index (κ1) is 21.5. The number of likely N-dealkylation sites (tertiary alicyclic amines) is 1. The molecule has 1 amide bonds. The molecule has 0 saturated carbocycles. The van der Waals surface area contributed by atoms with Crippen molar-refractivity contribution in [1.82, 2.24) is 4.90 Å². The zero-order valence-corrected chi connectivity index (χ0v) is 17.2. The van der Waals surface area contributed by atoms with E-state index in [1.807, 2.05) is 27.7 Å². The third-order valence-corrected chi connectivity index (χ3v) is 4.74. The Labute approximate surface area is 157 Å². The number of rotatable bonds is 4. The molecule has 0 radical (unpaired) electrons. The molecule has 0 aliphatic carbocycles. The summed E-state index contributed by atoms with van der Waals surface area (Å²) in [7, 11) is 1.32. The number of carbonyl (C=O) groups excluding carboxylic acids is 2. The Morgan fingerprint density at radius 1 is 1.28 bits per heavy atom. The number of allylic oxidation sites excluding steroid dienone is 1. The molecule has 1 rings (SSSR count). The van der Waals surface area contributed by atoms with Gasteiger partial charge in [0, 0.05) is 24.5 Å². The number of amides is 1. The molecule has 8 heteroatoms. The predicted molar refractivity (Wildman–Crippen MR) is 101 cm³/mol. The summed E-state index contributed by atoms with van der Waals surface area (Å²) in [4.78, 5) is 29.7. The van der Waals surface area contributed by atoms with Gasteiger partial charge in [-0.05, 0) is 56.5 Å². The average Bonchev–Trinajstić information content (AvgIpc) is 2.52. The van der Waals surface area contributed by atoms with Crippen LogP contribution in [0.15, 0.2) is 15.2 Å². The van der Waals surface area contributed by atoms with Crippen LogP contribution in [0.4, 0.5) is 4.79 Å². The number of hydrogen-bond acceptors (Lipinski definition) is 6. The number of hydrogen-bond donors (Lipinski definition) is 1. The molecule has 2 N–H and O–H groups in total. The lowest BCUT2D eigenvalue weighted by Gasteiger charge is -2.32. The van der Waals surface area contributed by atoms with Crippen LogP contribution in [-0.4, -0.2) is 54.5 Å². The number of esters is 1. The van der Waals surface area contributed by atoms with Crippen molar-refractivity contribution in [2.45, 2.75) is 58.6 Å². The molecule has 1 heterocycles. The third kappa shape index (κ3) is 7.46. The van der Waals surface area contributed by atoms with E-state index in [0.717, 1.165) is 18.6 Å². The van der Waals surface area contributed by atoms with E-state index in [1.165, 1.54) is 7.11 Å². The Balaban J connectivity index is 2.62. The van der Waals surface area contributed by atoms with Crippen LogP contribution in [0, 0.1) is 0 Å². The van der Waals surface area contributed by atoms with Gasteiger partial charge in [0.25, 0.3) is 0 Å². The number of nitrogens with two attached hydrogens (primary N) is 1. The maximum Gasteiger partial charge on any atom is 0.410 e. The number of methoxy groups -OCH3 is 1. The molecule has 0 bridgehead atoms. The average molecular weight is 418 g/mol. The van der Waals surface area contributed by atoms with Gasteiger partial charge in [-0.15, -0.1) is 0 Å². The van der Waals surface area contributed by atoms with Crippen molar-refractivity contribution in [1.29, 1.82) is 0 Å². The van der Waals surface area contributed by atoms with Gasteiger partial charge in [0.15, 0.2) is 0 Å². The first-order valence-corrected chi connectivity index (χ1v) is 9.06. The van der Waals surface area contributed by atoms with Crippen molar-refractivity contribution < 1.29 is 19.1 Å². The third-order valence-electron chi connectivity index (χ3n) is 3.65. The van der Waals surface area contributed by atoms with Crippen molar-refractivity contribution >= 4 is 33.7 Å². The number of halogens is 1. The molecule has 1 saturated heterocycles. The van der Waals surface area contributed by atoms with E-state index in [4.69, 9.17) is 10.5 Å². The molecule has 25 heavy (non-hydrogen) atoms. The fraction of sp³-hybridized carbons (Fsp3) is 0.706. The second-order valence-corrected chi connectivity index (χ2v) is 7.80. The number of nitrogens with zero attached hydrogens (tertiary/aromatic N) is 2. The molecule has 142 valence electrons. The van der Waals surface area contributed by atoms with Crippen molar-refractivity contribution in [2.75, 3.05) is 20.2 Å². The molecule has 0 unspecified atom stereocenters. The topological polar surface area (TPSA) is 94.2 Å². The van der Waals surface area contributed by atoms with Crippen LogP contribution in [0.5, 0.6) is 0 Å². The highest BCUT2D eigenvalue weighted by Crippen LogP contribution is 2.20. The Kier molecular flexibility index (Phi) is 7.92. The monoisotopic (exact) mass is 417 g/mol. The second-order valence-electron chi connectivity index (χ2n) is 7.01. The van der Waals surface area contributed by atoms with Crippen LogP contribution < -0.4 is 5.73 Å². The lowest BCUT2D eigenvalue weighted by atomic mass is 10.1. The van der Waals surface area contributed by atoms with Crippen LogP contribution in [0.25, 0.3) is 0 Å². The quantitative estimate of drug-likeness (QED) is 0.560. The molecule has 7 nitrogen and oxygen atoms in total. The smallest absolute Gasteiger partial charge is 0.410 e. The molecular formula is C17H28BrN3O4. The first-order valence-electron chi connectivity index (χ1n) is 8.27. The molecule has 1 fully saturated rings. The lowest BCUT2D eigenvalue weighted by molar-refractivity contribution is -0.139. The summed E-state index contributed by atoms with van der Waals surface area (Å²) in [5.41, 5.74) is 6.53. The van der Waals surface area contributed by atoms with Crippen molar-refractivity contribution in [2.24, 2.45) is 10.7 Å². The summed E-state index contributed by atoms with van der Waals surface area (Å²) in [5.74, 6) is -0.395. The highest BCUT2D eigenvalue weighted by molar-refractivity contribution is 9.12. The minimum Gasteiger partial charge on any atom is -0.469 e. The largest absolute Gasteiger partial charge is 0.469 e. The lowest BCUT2D eigenvalue weighted by Crippen LogP contribution is -2.42. The molecule has 0 aromatic rings. The van der Waals surface area contributed by atoms with Gasteiger partial charge < -0.3 is 20.1 Å². The van der Waals surface area contributed by atoms with E-state index in [9.17, 15) is 9.59 Å². The van der Waals surface area contributed by atoms with E-state index in [0.29, 0.717) is 23.3 Å².